The topological polar surface area (TPSA) is 19.9 Å². The van der Waals surface area contributed by atoms with Crippen LogP contribution >= 0.6 is 0 Å². The smallest absolute Gasteiger partial charge is 0.0914 e. The lowest BCUT2D eigenvalue weighted by Gasteiger charge is -2.32. The highest BCUT2D eigenvalue weighted by Crippen LogP contribution is 2.20. The maximum atomic E-state index is 4.03. The quantitative estimate of drug-likeness (QED) is 0.790. The van der Waals surface area contributed by atoms with Crippen LogP contribution in [0.3, 0.4) is 0 Å². The van der Waals surface area contributed by atoms with Crippen LogP contribution in [0, 0.1) is 13.0 Å². The van der Waals surface area contributed by atoms with Crippen molar-refractivity contribution in [3.8, 4) is 0 Å². The van der Waals surface area contributed by atoms with E-state index < -0.39 is 0 Å². The van der Waals surface area contributed by atoms with Crippen LogP contribution in [0.1, 0.15) is 37.8 Å². The standard InChI is InChI=1S/C16H26N2/c1-14(13-18-11-7-4-8-12-18)16(17-2)15-9-5-3-6-10-15/h3,5-6,9-10,14,16H,2,4,7-8,11-13,17H2,1H3/t14-,16+/m0/s1. The molecule has 2 heteroatoms. The first-order valence-corrected chi connectivity index (χ1v) is 7.21. The van der Waals surface area contributed by atoms with Crippen molar-refractivity contribution in [1.29, 1.82) is 0 Å². The summed E-state index contributed by atoms with van der Waals surface area (Å²) >= 11 is 0. The molecule has 0 unspecified atom stereocenters. The second kappa shape index (κ2) is 6.91. The van der Waals surface area contributed by atoms with Crippen LogP contribution in [0.25, 0.3) is 0 Å². The minimum atomic E-state index is 0.480. The van der Waals surface area contributed by atoms with Gasteiger partial charge in [-0.3, -0.25) is 0 Å². The Morgan fingerprint density at radius 1 is 1.17 bits per heavy atom. The maximum absolute atomic E-state index is 4.03. The fourth-order valence-electron chi connectivity index (χ4n) is 3.03. The van der Waals surface area contributed by atoms with Gasteiger partial charge in [0.2, 0.25) is 0 Å². The third kappa shape index (κ3) is 3.56. The number of nitrogens with two attached hydrogens (primary N) is 1. The average molecular weight is 246 g/mol. The zero-order valence-corrected chi connectivity index (χ0v) is 11.5. The van der Waals surface area contributed by atoms with E-state index in [2.05, 4.69) is 54.5 Å². The predicted molar refractivity (Wildman–Crippen MR) is 75.9 cm³/mol. The lowest BCUT2D eigenvalue weighted by molar-refractivity contribution is -0.648. The van der Waals surface area contributed by atoms with Gasteiger partial charge in [-0.25, -0.2) is 0 Å². The molecule has 0 saturated carbocycles. The number of piperidine rings is 1. The minimum Gasteiger partial charge on any atom is -0.472 e. The van der Waals surface area contributed by atoms with Gasteiger partial charge in [-0.2, -0.15) is 7.05 Å². The molecule has 1 aromatic rings. The third-order valence-electron chi connectivity index (χ3n) is 4.05. The number of likely N-dealkylation sites (tertiary alicyclic amines) is 1. The first-order chi connectivity index (χ1) is 8.81. The molecule has 0 aromatic heterocycles. The molecule has 1 heterocycles. The van der Waals surface area contributed by atoms with Gasteiger partial charge in [0.1, 0.15) is 0 Å². The van der Waals surface area contributed by atoms with Crippen molar-refractivity contribution in [2.75, 3.05) is 19.6 Å². The average Bonchev–Trinajstić information content (AvgIpc) is 2.42. The van der Waals surface area contributed by atoms with Gasteiger partial charge in [-0.15, -0.1) is 0 Å². The Bertz CT molecular complexity index is 330. The van der Waals surface area contributed by atoms with Gasteiger partial charge in [-0.05, 0) is 25.9 Å². The Kier molecular flexibility index (Phi) is 5.21. The van der Waals surface area contributed by atoms with E-state index in [-0.39, 0.29) is 0 Å². The summed E-state index contributed by atoms with van der Waals surface area (Å²) in [6, 6.07) is 11.3. The molecule has 1 saturated heterocycles. The highest BCUT2D eigenvalue weighted by molar-refractivity contribution is 5.17. The van der Waals surface area contributed by atoms with Crippen molar-refractivity contribution in [2.45, 2.75) is 32.2 Å². The molecule has 1 aromatic carbocycles. The summed E-state index contributed by atoms with van der Waals surface area (Å²) in [5, 5.41) is 2.12. The maximum Gasteiger partial charge on any atom is 0.0914 e. The summed E-state index contributed by atoms with van der Waals surface area (Å²) < 4.78 is 0. The van der Waals surface area contributed by atoms with Crippen molar-refractivity contribution < 1.29 is 5.32 Å². The molecule has 0 aliphatic carbocycles. The molecule has 2 nitrogen and oxygen atoms in total. The number of hydrogen-bond acceptors (Lipinski definition) is 1. The second-order valence-electron chi connectivity index (χ2n) is 5.51. The highest BCUT2D eigenvalue weighted by atomic mass is 15.1. The monoisotopic (exact) mass is 246 g/mol. The Labute approximate surface area is 111 Å². The van der Waals surface area contributed by atoms with Crippen LogP contribution in [0.4, 0.5) is 0 Å². The Morgan fingerprint density at radius 3 is 2.44 bits per heavy atom. The van der Waals surface area contributed by atoms with E-state index in [1.165, 1.54) is 44.5 Å². The summed E-state index contributed by atoms with van der Waals surface area (Å²) in [6.07, 6.45) is 4.15. The molecular weight excluding hydrogens is 220 g/mol. The van der Waals surface area contributed by atoms with E-state index >= 15 is 0 Å². The van der Waals surface area contributed by atoms with E-state index in [0.29, 0.717) is 12.0 Å². The number of benzene rings is 1. The Hall–Kier alpha value is -0.860. The van der Waals surface area contributed by atoms with Crippen LogP contribution < -0.4 is 5.32 Å². The molecule has 2 rings (SSSR count). The lowest BCUT2D eigenvalue weighted by Crippen LogP contribution is -2.80. The fraction of sp³-hybridized carbons (Fsp3) is 0.562. The molecule has 100 valence electrons. The van der Waals surface area contributed by atoms with Crippen LogP contribution in [0.2, 0.25) is 0 Å². The lowest BCUT2D eigenvalue weighted by atomic mass is 9.93. The molecule has 0 amide bonds. The van der Waals surface area contributed by atoms with Gasteiger partial charge in [0.25, 0.3) is 0 Å². The summed E-state index contributed by atoms with van der Waals surface area (Å²) in [5.41, 5.74) is 1.40. The second-order valence-corrected chi connectivity index (χ2v) is 5.51. The zero-order valence-electron chi connectivity index (χ0n) is 11.5. The molecule has 0 bridgehead atoms. The van der Waals surface area contributed by atoms with Crippen molar-refractivity contribution in [2.24, 2.45) is 5.92 Å². The van der Waals surface area contributed by atoms with Gasteiger partial charge >= 0.3 is 0 Å². The number of quaternary nitrogens is 1. The van der Waals surface area contributed by atoms with Gasteiger partial charge in [0.15, 0.2) is 0 Å². The summed E-state index contributed by atoms with van der Waals surface area (Å²) in [5.74, 6) is 0.642. The minimum absolute atomic E-state index is 0.480. The molecular formula is C16H26N2. The molecule has 1 fully saturated rings. The zero-order chi connectivity index (χ0) is 12.8. The summed E-state index contributed by atoms with van der Waals surface area (Å²) in [4.78, 5) is 2.62. The van der Waals surface area contributed by atoms with E-state index in [4.69, 9.17) is 0 Å². The van der Waals surface area contributed by atoms with Crippen LogP contribution in [-0.2, 0) is 0 Å². The first kappa shape index (κ1) is 13.6. The molecule has 2 N–H and O–H groups in total. The van der Waals surface area contributed by atoms with Crippen molar-refractivity contribution in [1.82, 2.24) is 4.90 Å². The summed E-state index contributed by atoms with van der Waals surface area (Å²) in [7, 11) is 4.03. The van der Waals surface area contributed by atoms with E-state index in [9.17, 15) is 0 Å². The molecule has 0 spiro atoms. The van der Waals surface area contributed by atoms with E-state index in [1.54, 1.807) is 0 Å². The molecule has 1 aliphatic rings. The number of rotatable bonds is 5. The molecule has 1 aliphatic heterocycles. The molecule has 18 heavy (non-hydrogen) atoms. The van der Waals surface area contributed by atoms with Gasteiger partial charge in [-0.1, -0.05) is 43.7 Å². The molecule has 0 radical (unpaired) electrons. The number of nitrogens with zero attached hydrogens (tertiary/aromatic N) is 1. The Morgan fingerprint density at radius 2 is 1.83 bits per heavy atom. The largest absolute Gasteiger partial charge is 0.472 e. The van der Waals surface area contributed by atoms with Crippen LogP contribution in [0.15, 0.2) is 30.3 Å². The Balaban J connectivity index is 1.94. The SMILES string of the molecule is [CH2-][NH2+][C@@H](c1ccccc1)[C@@H](C)CN1CCCCC1. The van der Waals surface area contributed by atoms with Gasteiger partial charge < -0.3 is 10.2 Å². The molecule has 2 atom stereocenters. The predicted octanol–water partition coefficient (Wildman–Crippen LogP) is 2.20. The number of hydrogen-bond donors (Lipinski definition) is 1. The summed E-state index contributed by atoms with van der Waals surface area (Å²) in [6.45, 7) is 6.12. The normalized spacial score (nSPS) is 20.6. The van der Waals surface area contributed by atoms with Gasteiger partial charge in [0, 0.05) is 18.0 Å². The fourth-order valence-corrected chi connectivity index (χ4v) is 3.03. The third-order valence-corrected chi connectivity index (χ3v) is 4.05. The van der Waals surface area contributed by atoms with E-state index in [0.717, 1.165) is 0 Å². The van der Waals surface area contributed by atoms with Crippen LogP contribution in [-0.4, -0.2) is 24.5 Å². The van der Waals surface area contributed by atoms with Gasteiger partial charge in [0.05, 0.1) is 6.04 Å². The van der Waals surface area contributed by atoms with Crippen LogP contribution in [0.5, 0.6) is 0 Å². The first-order valence-electron chi connectivity index (χ1n) is 7.21. The van der Waals surface area contributed by atoms with Crippen molar-refractivity contribution in [3.05, 3.63) is 42.9 Å². The van der Waals surface area contributed by atoms with Crippen molar-refractivity contribution >= 4 is 0 Å². The van der Waals surface area contributed by atoms with E-state index in [1.807, 2.05) is 0 Å². The highest BCUT2D eigenvalue weighted by Gasteiger charge is 2.22. The van der Waals surface area contributed by atoms with Crippen molar-refractivity contribution in [3.63, 3.8) is 0 Å².